The minimum absolute atomic E-state index is 0.314. The topological polar surface area (TPSA) is 46.5 Å². The summed E-state index contributed by atoms with van der Waals surface area (Å²) in [5, 5.41) is 10.8. The summed E-state index contributed by atoms with van der Waals surface area (Å²) in [6, 6.07) is 6.82. The summed E-state index contributed by atoms with van der Waals surface area (Å²) in [6.07, 6.45) is 0.452. The van der Waals surface area contributed by atoms with Crippen molar-refractivity contribution in [3.8, 4) is 0 Å². The second-order valence-electron chi connectivity index (χ2n) is 4.06. The van der Waals surface area contributed by atoms with Crippen LogP contribution in [-0.4, -0.2) is 17.7 Å². The van der Waals surface area contributed by atoms with Gasteiger partial charge in [0.25, 0.3) is 0 Å². The number of halogens is 1. The van der Waals surface area contributed by atoms with Crippen LogP contribution >= 0.6 is 11.6 Å². The molecule has 0 fully saturated rings. The lowest BCUT2D eigenvalue weighted by Gasteiger charge is -2.14. The normalized spacial score (nSPS) is 12.9. The second-order valence-corrected chi connectivity index (χ2v) is 4.50. The third-order valence-corrected chi connectivity index (χ3v) is 2.90. The van der Waals surface area contributed by atoms with Gasteiger partial charge in [-0.2, -0.15) is 0 Å². The van der Waals surface area contributed by atoms with Crippen molar-refractivity contribution < 1.29 is 14.6 Å². The van der Waals surface area contributed by atoms with Crippen molar-refractivity contribution in [2.45, 2.75) is 20.0 Å². The van der Waals surface area contributed by atoms with Crippen molar-refractivity contribution in [1.29, 1.82) is 0 Å². The van der Waals surface area contributed by atoms with Crippen LogP contribution in [0.1, 0.15) is 25.5 Å². The molecular formula is C15H17ClO3. The molecule has 0 saturated heterocycles. The van der Waals surface area contributed by atoms with Crippen LogP contribution in [-0.2, 0) is 9.53 Å². The molecule has 0 amide bonds. The molecule has 1 unspecified atom stereocenters. The third-order valence-electron chi connectivity index (χ3n) is 2.64. The van der Waals surface area contributed by atoms with Crippen molar-refractivity contribution in [3.63, 3.8) is 0 Å². The Morgan fingerprint density at radius 1 is 1.47 bits per heavy atom. The van der Waals surface area contributed by atoms with E-state index in [9.17, 15) is 9.90 Å². The van der Waals surface area contributed by atoms with E-state index in [1.807, 2.05) is 0 Å². The van der Waals surface area contributed by atoms with Gasteiger partial charge in [0.15, 0.2) is 0 Å². The number of aliphatic hydroxyl groups is 1. The fourth-order valence-electron chi connectivity index (χ4n) is 1.52. The number of aliphatic hydroxyl groups excluding tert-OH is 1. The van der Waals surface area contributed by atoms with Gasteiger partial charge < -0.3 is 9.84 Å². The number of ether oxygens (including phenoxy) is 1. The largest absolute Gasteiger partial charge is 0.463 e. The minimum Gasteiger partial charge on any atom is -0.463 e. The predicted octanol–water partition coefficient (Wildman–Crippen LogP) is 3.44. The van der Waals surface area contributed by atoms with Gasteiger partial charge >= 0.3 is 5.97 Å². The number of hydrogen-bond donors (Lipinski definition) is 1. The quantitative estimate of drug-likeness (QED) is 0.510. The molecule has 0 aliphatic carbocycles. The zero-order chi connectivity index (χ0) is 14.4. The van der Waals surface area contributed by atoms with Crippen molar-refractivity contribution in [2.24, 2.45) is 0 Å². The Kier molecular flexibility index (Phi) is 5.80. The van der Waals surface area contributed by atoms with Gasteiger partial charge in [-0.15, -0.1) is 0 Å². The van der Waals surface area contributed by atoms with Gasteiger partial charge in [-0.05, 0) is 42.7 Å². The Bertz CT molecular complexity index is 489. The van der Waals surface area contributed by atoms with Crippen LogP contribution in [0.5, 0.6) is 0 Å². The van der Waals surface area contributed by atoms with Crippen LogP contribution in [0.3, 0.4) is 0 Å². The minimum atomic E-state index is -0.872. The zero-order valence-corrected chi connectivity index (χ0v) is 11.8. The van der Waals surface area contributed by atoms with Gasteiger partial charge in [0.05, 0.1) is 6.61 Å². The molecule has 0 spiro atoms. The maximum atomic E-state index is 11.3. The molecule has 102 valence electrons. The predicted molar refractivity (Wildman–Crippen MR) is 75.9 cm³/mol. The number of hydrogen-bond acceptors (Lipinski definition) is 3. The Hall–Kier alpha value is -1.58. The first-order valence-electron chi connectivity index (χ1n) is 5.93. The summed E-state index contributed by atoms with van der Waals surface area (Å²) in [5.41, 5.74) is 1.71. The van der Waals surface area contributed by atoms with E-state index in [0.717, 1.165) is 0 Å². The average molecular weight is 281 g/mol. The maximum absolute atomic E-state index is 11.3. The van der Waals surface area contributed by atoms with Crippen LogP contribution in [0.4, 0.5) is 0 Å². The van der Waals surface area contributed by atoms with Crippen molar-refractivity contribution in [1.82, 2.24) is 0 Å². The van der Waals surface area contributed by atoms with Gasteiger partial charge in [0.2, 0.25) is 0 Å². The van der Waals surface area contributed by atoms with E-state index >= 15 is 0 Å². The Morgan fingerprint density at radius 3 is 2.58 bits per heavy atom. The standard InChI is InChI=1S/C15H17ClO3/c1-4-19-14(17)9-10(2)11(3)15(18)12-5-7-13(16)8-6-12/h5-9,15,18H,3-4H2,1-2H3/b10-9+. The lowest BCUT2D eigenvalue weighted by atomic mass is 9.97. The average Bonchev–Trinajstić information content (AvgIpc) is 2.38. The van der Waals surface area contributed by atoms with Gasteiger partial charge in [0, 0.05) is 11.1 Å². The smallest absolute Gasteiger partial charge is 0.331 e. The van der Waals surface area contributed by atoms with Crippen molar-refractivity contribution in [2.75, 3.05) is 6.61 Å². The SMILES string of the molecule is C=C(/C(C)=C/C(=O)OCC)C(O)c1ccc(Cl)cc1. The molecular weight excluding hydrogens is 264 g/mol. The van der Waals surface area contributed by atoms with Crippen molar-refractivity contribution in [3.05, 3.63) is 58.7 Å². The summed E-state index contributed by atoms with van der Waals surface area (Å²) >= 11 is 5.79. The van der Waals surface area contributed by atoms with Crippen molar-refractivity contribution >= 4 is 17.6 Å². The summed E-state index contributed by atoms with van der Waals surface area (Å²) in [6.45, 7) is 7.56. The van der Waals surface area contributed by atoms with E-state index in [1.165, 1.54) is 6.08 Å². The van der Waals surface area contributed by atoms with Crippen LogP contribution in [0.25, 0.3) is 0 Å². The Labute approximate surface area is 118 Å². The molecule has 0 radical (unpaired) electrons. The summed E-state index contributed by atoms with van der Waals surface area (Å²) in [5.74, 6) is -0.440. The number of benzene rings is 1. The van der Waals surface area contributed by atoms with E-state index in [1.54, 1.807) is 38.1 Å². The molecule has 0 saturated carbocycles. The fraction of sp³-hybridized carbons (Fsp3) is 0.267. The van der Waals surface area contributed by atoms with E-state index < -0.39 is 12.1 Å². The second kappa shape index (κ2) is 7.12. The first-order chi connectivity index (χ1) is 8.95. The molecule has 0 aliphatic rings. The molecule has 4 heteroatoms. The van der Waals surface area contributed by atoms with Crippen LogP contribution < -0.4 is 0 Å². The zero-order valence-electron chi connectivity index (χ0n) is 11.0. The summed E-state index contributed by atoms with van der Waals surface area (Å²) in [4.78, 5) is 11.3. The highest BCUT2D eigenvalue weighted by Gasteiger charge is 2.13. The molecule has 3 nitrogen and oxygen atoms in total. The first-order valence-corrected chi connectivity index (χ1v) is 6.31. The molecule has 0 heterocycles. The molecule has 1 N–H and O–H groups in total. The number of esters is 1. The molecule has 19 heavy (non-hydrogen) atoms. The van der Waals surface area contributed by atoms with Gasteiger partial charge in [0.1, 0.15) is 6.10 Å². The van der Waals surface area contributed by atoms with Crippen LogP contribution in [0, 0.1) is 0 Å². The van der Waals surface area contributed by atoms with Gasteiger partial charge in [-0.25, -0.2) is 4.79 Å². The molecule has 0 bridgehead atoms. The summed E-state index contributed by atoms with van der Waals surface area (Å²) < 4.78 is 4.81. The highest BCUT2D eigenvalue weighted by molar-refractivity contribution is 6.30. The molecule has 1 aromatic carbocycles. The molecule has 1 rings (SSSR count). The fourth-order valence-corrected chi connectivity index (χ4v) is 1.64. The molecule has 1 atom stereocenters. The number of rotatable bonds is 5. The lowest BCUT2D eigenvalue weighted by Crippen LogP contribution is -2.05. The number of carbonyl (C=O) groups is 1. The van der Waals surface area contributed by atoms with Crippen LogP contribution in [0.2, 0.25) is 5.02 Å². The van der Waals surface area contributed by atoms with E-state index in [2.05, 4.69) is 6.58 Å². The van der Waals surface area contributed by atoms with Gasteiger partial charge in [-0.3, -0.25) is 0 Å². The van der Waals surface area contributed by atoms with E-state index in [-0.39, 0.29) is 0 Å². The highest BCUT2D eigenvalue weighted by atomic mass is 35.5. The first kappa shape index (κ1) is 15.5. The third kappa shape index (κ3) is 4.54. The van der Waals surface area contributed by atoms with E-state index in [4.69, 9.17) is 16.3 Å². The van der Waals surface area contributed by atoms with Gasteiger partial charge in [-0.1, -0.05) is 30.3 Å². The summed E-state index contributed by atoms with van der Waals surface area (Å²) in [7, 11) is 0. The highest BCUT2D eigenvalue weighted by Crippen LogP contribution is 2.26. The van der Waals surface area contributed by atoms with E-state index in [0.29, 0.717) is 28.3 Å². The lowest BCUT2D eigenvalue weighted by molar-refractivity contribution is -0.137. The monoisotopic (exact) mass is 280 g/mol. The molecule has 0 aromatic heterocycles. The molecule has 1 aromatic rings. The van der Waals surface area contributed by atoms with Crippen LogP contribution in [0.15, 0.2) is 48.1 Å². The maximum Gasteiger partial charge on any atom is 0.331 e. The Morgan fingerprint density at radius 2 is 2.05 bits per heavy atom. The Balaban J connectivity index is 2.82. The number of carbonyl (C=O) groups excluding carboxylic acids is 1. The molecule has 0 aliphatic heterocycles.